The number of anilines is 1. The molecule has 0 aliphatic heterocycles. The zero-order valence-electron chi connectivity index (χ0n) is 13.4. The van der Waals surface area contributed by atoms with E-state index in [4.69, 9.17) is 5.73 Å². The maximum atomic E-state index is 14.0. The van der Waals surface area contributed by atoms with E-state index in [1.165, 1.54) is 18.2 Å². The van der Waals surface area contributed by atoms with E-state index in [-0.39, 0.29) is 17.9 Å². The second-order valence-electron chi connectivity index (χ2n) is 5.35. The minimum atomic E-state index is -0.836. The molecule has 2 aromatic rings. The van der Waals surface area contributed by atoms with E-state index in [0.717, 1.165) is 12.0 Å². The molecule has 0 spiro atoms. The summed E-state index contributed by atoms with van der Waals surface area (Å²) in [5.41, 5.74) is 7.07. The van der Waals surface area contributed by atoms with E-state index >= 15 is 0 Å². The van der Waals surface area contributed by atoms with Crippen LogP contribution in [-0.4, -0.2) is 11.9 Å². The number of aryl methyl sites for hydroxylation is 1. The Morgan fingerprint density at radius 1 is 1.12 bits per heavy atom. The first-order valence-corrected chi connectivity index (χ1v) is 7.69. The third kappa shape index (κ3) is 4.55. The number of amides is 3. The van der Waals surface area contributed by atoms with Gasteiger partial charge in [-0.1, -0.05) is 43.3 Å². The number of nitrogens with one attached hydrogen (secondary N) is 2. The van der Waals surface area contributed by atoms with Crippen LogP contribution in [0.1, 0.15) is 30.5 Å². The summed E-state index contributed by atoms with van der Waals surface area (Å²) in [6.45, 7) is 1.99. The molecule has 0 fully saturated rings. The van der Waals surface area contributed by atoms with Crippen molar-refractivity contribution in [2.24, 2.45) is 5.73 Å². The topological polar surface area (TPSA) is 84.2 Å². The lowest BCUT2D eigenvalue weighted by Gasteiger charge is -2.19. The van der Waals surface area contributed by atoms with Crippen molar-refractivity contribution >= 4 is 17.6 Å². The van der Waals surface area contributed by atoms with Crippen LogP contribution in [0.15, 0.2) is 48.5 Å². The van der Waals surface area contributed by atoms with Gasteiger partial charge in [0.2, 0.25) is 5.91 Å². The highest BCUT2D eigenvalue weighted by Crippen LogP contribution is 2.22. The zero-order valence-corrected chi connectivity index (χ0v) is 13.4. The van der Waals surface area contributed by atoms with Gasteiger partial charge in [-0.05, 0) is 24.1 Å². The maximum Gasteiger partial charge on any atom is 0.312 e. The Morgan fingerprint density at radius 2 is 1.79 bits per heavy atom. The molecule has 0 saturated carbocycles. The van der Waals surface area contributed by atoms with E-state index in [2.05, 4.69) is 10.6 Å². The summed E-state index contributed by atoms with van der Waals surface area (Å²) < 4.78 is 14.0. The van der Waals surface area contributed by atoms with Crippen LogP contribution in [0.25, 0.3) is 0 Å². The lowest BCUT2D eigenvalue weighted by molar-refractivity contribution is -0.116. The van der Waals surface area contributed by atoms with Crippen molar-refractivity contribution in [3.05, 3.63) is 65.5 Å². The van der Waals surface area contributed by atoms with Crippen LogP contribution >= 0.6 is 0 Å². The van der Waals surface area contributed by atoms with Crippen LogP contribution in [0, 0.1) is 5.82 Å². The molecule has 0 bridgehead atoms. The predicted octanol–water partition coefficient (Wildman–Crippen LogP) is 3.13. The summed E-state index contributed by atoms with van der Waals surface area (Å²) in [5, 5.41) is 5.22. The van der Waals surface area contributed by atoms with Gasteiger partial charge in [-0.15, -0.1) is 0 Å². The lowest BCUT2D eigenvalue weighted by atomic mass is 10.0. The molecule has 6 heteroatoms. The van der Waals surface area contributed by atoms with Crippen LogP contribution in [0.4, 0.5) is 14.9 Å². The van der Waals surface area contributed by atoms with Crippen molar-refractivity contribution in [1.82, 2.24) is 5.32 Å². The Kier molecular flexibility index (Phi) is 5.89. The zero-order chi connectivity index (χ0) is 17.5. The Hall–Kier alpha value is -2.89. The van der Waals surface area contributed by atoms with Gasteiger partial charge in [-0.25, -0.2) is 9.18 Å². The molecule has 4 N–H and O–H groups in total. The fraction of sp³-hybridized carbons (Fsp3) is 0.222. The Labute approximate surface area is 140 Å². The Bertz CT molecular complexity index is 734. The average Bonchev–Trinajstić information content (AvgIpc) is 2.54. The van der Waals surface area contributed by atoms with Crippen molar-refractivity contribution in [2.75, 3.05) is 5.32 Å². The molecule has 0 aliphatic carbocycles. The first-order valence-electron chi connectivity index (χ1n) is 7.69. The fourth-order valence-electron chi connectivity index (χ4n) is 2.51. The van der Waals surface area contributed by atoms with E-state index in [9.17, 15) is 14.0 Å². The minimum absolute atomic E-state index is 0.123. The van der Waals surface area contributed by atoms with Gasteiger partial charge in [0, 0.05) is 11.3 Å². The number of nitrogens with two attached hydrogens (primary N) is 1. The number of hydrogen-bond donors (Lipinski definition) is 3. The first-order chi connectivity index (χ1) is 11.5. The van der Waals surface area contributed by atoms with Gasteiger partial charge < -0.3 is 16.4 Å². The molecule has 0 aliphatic rings. The number of para-hydroxylation sites is 1. The number of primary amides is 1. The molecule has 0 unspecified atom stereocenters. The van der Waals surface area contributed by atoms with Crippen LogP contribution in [0.5, 0.6) is 0 Å². The summed E-state index contributed by atoms with van der Waals surface area (Å²) in [5.74, 6) is -0.837. The molecule has 0 radical (unpaired) electrons. The maximum absolute atomic E-state index is 14.0. The molecule has 0 saturated heterocycles. The number of carbonyl (C=O) groups is 2. The number of carbonyl (C=O) groups excluding carboxylic acids is 2. The van der Waals surface area contributed by atoms with Gasteiger partial charge in [0.25, 0.3) is 0 Å². The first kappa shape index (κ1) is 17.5. The minimum Gasteiger partial charge on any atom is -0.352 e. The van der Waals surface area contributed by atoms with Gasteiger partial charge in [0.1, 0.15) is 5.82 Å². The van der Waals surface area contributed by atoms with Crippen molar-refractivity contribution in [3.63, 3.8) is 0 Å². The molecule has 2 rings (SSSR count). The molecular weight excluding hydrogens is 309 g/mol. The third-order valence-electron chi connectivity index (χ3n) is 3.66. The van der Waals surface area contributed by atoms with E-state index in [1.807, 2.05) is 25.1 Å². The van der Waals surface area contributed by atoms with Crippen LogP contribution in [0.2, 0.25) is 0 Å². The Balaban J connectivity index is 2.16. The van der Waals surface area contributed by atoms with Crippen LogP contribution in [-0.2, 0) is 11.2 Å². The summed E-state index contributed by atoms with van der Waals surface area (Å²) in [7, 11) is 0. The number of rotatable bonds is 6. The van der Waals surface area contributed by atoms with Crippen LogP contribution in [0.3, 0.4) is 0 Å². The fourth-order valence-corrected chi connectivity index (χ4v) is 2.51. The predicted molar refractivity (Wildman–Crippen MR) is 90.9 cm³/mol. The van der Waals surface area contributed by atoms with E-state index < -0.39 is 17.9 Å². The summed E-state index contributed by atoms with van der Waals surface area (Å²) >= 11 is 0. The average molecular weight is 329 g/mol. The summed E-state index contributed by atoms with van der Waals surface area (Å²) in [6, 6.07) is 11.8. The van der Waals surface area contributed by atoms with Crippen molar-refractivity contribution < 1.29 is 14.0 Å². The largest absolute Gasteiger partial charge is 0.352 e. The summed E-state index contributed by atoms with van der Waals surface area (Å²) in [6.07, 6.45) is 0.647. The highest BCUT2D eigenvalue weighted by molar-refractivity contribution is 5.92. The second-order valence-corrected chi connectivity index (χ2v) is 5.35. The van der Waals surface area contributed by atoms with E-state index in [1.54, 1.807) is 12.1 Å². The van der Waals surface area contributed by atoms with Gasteiger partial charge in [0.15, 0.2) is 0 Å². The molecule has 1 atom stereocenters. The highest BCUT2D eigenvalue weighted by atomic mass is 19.1. The molecule has 3 amide bonds. The third-order valence-corrected chi connectivity index (χ3v) is 3.66. The molecule has 5 nitrogen and oxygen atoms in total. The monoisotopic (exact) mass is 329 g/mol. The quantitative estimate of drug-likeness (QED) is 0.761. The highest BCUT2D eigenvalue weighted by Gasteiger charge is 2.20. The summed E-state index contributed by atoms with van der Waals surface area (Å²) in [4.78, 5) is 23.5. The molecular formula is C18H20FN3O2. The SMILES string of the molecule is CCc1ccccc1NC(=O)C[C@H](NC(N)=O)c1ccccc1F. The number of halogens is 1. The molecule has 0 heterocycles. The lowest BCUT2D eigenvalue weighted by Crippen LogP contribution is -2.35. The molecule has 24 heavy (non-hydrogen) atoms. The van der Waals surface area contributed by atoms with Crippen molar-refractivity contribution in [1.29, 1.82) is 0 Å². The van der Waals surface area contributed by atoms with Gasteiger partial charge in [-0.3, -0.25) is 4.79 Å². The van der Waals surface area contributed by atoms with Crippen LogP contribution < -0.4 is 16.4 Å². The van der Waals surface area contributed by atoms with Gasteiger partial charge >= 0.3 is 6.03 Å². The normalized spacial score (nSPS) is 11.6. The Morgan fingerprint density at radius 3 is 2.46 bits per heavy atom. The molecule has 0 aromatic heterocycles. The number of benzene rings is 2. The number of urea groups is 1. The van der Waals surface area contributed by atoms with Gasteiger partial charge in [-0.2, -0.15) is 0 Å². The molecule has 2 aromatic carbocycles. The van der Waals surface area contributed by atoms with E-state index in [0.29, 0.717) is 5.69 Å². The molecule has 126 valence electrons. The smallest absolute Gasteiger partial charge is 0.312 e. The number of hydrogen-bond acceptors (Lipinski definition) is 2. The standard InChI is InChI=1S/C18H20FN3O2/c1-2-12-7-3-6-10-15(12)21-17(23)11-16(22-18(20)24)13-8-4-5-9-14(13)19/h3-10,16H,2,11H2,1H3,(H,21,23)(H3,20,22,24)/t16-/m0/s1. The van der Waals surface area contributed by atoms with Crippen molar-refractivity contribution in [2.45, 2.75) is 25.8 Å². The second kappa shape index (κ2) is 8.10. The van der Waals surface area contributed by atoms with Gasteiger partial charge in [0.05, 0.1) is 12.5 Å². The van der Waals surface area contributed by atoms with Crippen molar-refractivity contribution in [3.8, 4) is 0 Å².